The minimum Gasteiger partial charge on any atom is -0.496 e. The number of nitrogens with one attached hydrogen (secondary N) is 1. The van der Waals surface area contributed by atoms with Crippen LogP contribution in [-0.4, -0.2) is 118 Å². The molecule has 1 aromatic heterocycles. The molecular formula is C40H47Cl2N5O9. The quantitative estimate of drug-likeness (QED) is 0.121. The van der Waals surface area contributed by atoms with E-state index >= 15 is 0 Å². The topological polar surface area (TPSA) is 158 Å². The number of aromatic nitrogens is 2. The number of halogens is 2. The van der Waals surface area contributed by atoms with Crippen LogP contribution in [0.25, 0.3) is 28.1 Å². The summed E-state index contributed by atoms with van der Waals surface area (Å²) >= 11 is 12.9. The summed E-state index contributed by atoms with van der Waals surface area (Å²) in [5.41, 5.74) is 8.90. The Morgan fingerprint density at radius 1 is 0.893 bits per heavy atom. The van der Waals surface area contributed by atoms with Gasteiger partial charge in [0.25, 0.3) is 5.91 Å². The zero-order valence-electron chi connectivity index (χ0n) is 31.7. The molecule has 2 aliphatic heterocycles. The first-order valence-electron chi connectivity index (χ1n) is 18.4. The summed E-state index contributed by atoms with van der Waals surface area (Å²) in [5, 5.41) is 8.52. The van der Waals surface area contributed by atoms with Crippen molar-refractivity contribution >= 4 is 35.0 Å². The van der Waals surface area contributed by atoms with Gasteiger partial charge in [0, 0.05) is 45.9 Å². The summed E-state index contributed by atoms with van der Waals surface area (Å²) in [6.07, 6.45) is 0. The maximum atomic E-state index is 14.3. The molecule has 3 N–H and O–H groups in total. The normalized spacial score (nSPS) is 14.5. The Hall–Kier alpha value is -4.41. The van der Waals surface area contributed by atoms with Crippen LogP contribution in [0.15, 0.2) is 54.6 Å². The van der Waals surface area contributed by atoms with Crippen LogP contribution in [0.2, 0.25) is 10.0 Å². The highest BCUT2D eigenvalue weighted by molar-refractivity contribution is 6.34. The third kappa shape index (κ3) is 9.93. The molecule has 0 bridgehead atoms. The molecule has 1 saturated heterocycles. The molecule has 0 saturated carbocycles. The van der Waals surface area contributed by atoms with E-state index in [9.17, 15) is 9.59 Å². The van der Waals surface area contributed by atoms with E-state index in [4.69, 9.17) is 67.2 Å². The fourth-order valence-corrected chi connectivity index (χ4v) is 6.92. The summed E-state index contributed by atoms with van der Waals surface area (Å²) in [4.78, 5) is 28.3. The van der Waals surface area contributed by atoms with Gasteiger partial charge in [-0.1, -0.05) is 35.3 Å². The standard InChI is InChI=1S/C40H47Cl2N5O9/c1-40(2)25-44-36(48)23-46(40)39(49)37-33-24-56-35-22-34(50-3)31(21-32(35)38(33)47(45-37)29-19-27(41)18-28(42)20-29)26-5-4-6-30(17-26)55-16-15-54-14-13-53-12-11-52-10-9-51-8-7-43/h4-6,17-22H,7-16,23-25,43H2,1-3H3,(H,44,48). The van der Waals surface area contributed by atoms with Crippen molar-refractivity contribution < 1.29 is 42.7 Å². The zero-order chi connectivity index (χ0) is 39.7. The smallest absolute Gasteiger partial charge is 0.275 e. The van der Waals surface area contributed by atoms with Crippen LogP contribution in [-0.2, 0) is 30.3 Å². The third-order valence-electron chi connectivity index (χ3n) is 9.22. The lowest BCUT2D eigenvalue weighted by molar-refractivity contribution is -0.126. The average Bonchev–Trinajstić information content (AvgIpc) is 3.58. The molecular weight excluding hydrogens is 765 g/mol. The Labute approximate surface area is 336 Å². The Bertz CT molecular complexity index is 1990. The van der Waals surface area contributed by atoms with Crippen LogP contribution in [0.5, 0.6) is 17.2 Å². The van der Waals surface area contributed by atoms with E-state index in [0.717, 1.165) is 11.1 Å². The van der Waals surface area contributed by atoms with Gasteiger partial charge in [-0.15, -0.1) is 0 Å². The van der Waals surface area contributed by atoms with E-state index in [0.29, 0.717) is 122 Å². The van der Waals surface area contributed by atoms with Gasteiger partial charge in [0.05, 0.1) is 76.9 Å². The number of carbonyl (C=O) groups is 2. The van der Waals surface area contributed by atoms with Crippen molar-refractivity contribution in [2.75, 3.05) is 86.2 Å². The minimum atomic E-state index is -0.653. The van der Waals surface area contributed by atoms with Gasteiger partial charge in [-0.25, -0.2) is 4.68 Å². The zero-order valence-corrected chi connectivity index (χ0v) is 33.2. The van der Waals surface area contributed by atoms with E-state index in [1.54, 1.807) is 34.9 Å². The van der Waals surface area contributed by atoms with E-state index in [-0.39, 0.29) is 30.7 Å². The molecule has 1 fully saturated rings. The van der Waals surface area contributed by atoms with Crippen LogP contribution in [0.3, 0.4) is 0 Å². The van der Waals surface area contributed by atoms with Gasteiger partial charge in [-0.3, -0.25) is 9.59 Å². The van der Waals surface area contributed by atoms with Gasteiger partial charge in [-0.2, -0.15) is 5.10 Å². The van der Waals surface area contributed by atoms with Gasteiger partial charge in [-0.05, 0) is 55.8 Å². The SMILES string of the molecule is COc1cc2c(cc1-c1cccc(OCCOCCOCCOCCOCCN)c1)-c1c(c(C(=O)N3CC(=O)NCC3(C)C)nn1-c1cc(Cl)cc(Cl)c1)CO2. The van der Waals surface area contributed by atoms with E-state index < -0.39 is 5.54 Å². The summed E-state index contributed by atoms with van der Waals surface area (Å²) in [6.45, 7) is 8.63. The highest BCUT2D eigenvalue weighted by Gasteiger charge is 2.41. The Balaban J connectivity index is 1.20. The highest BCUT2D eigenvalue weighted by atomic mass is 35.5. The van der Waals surface area contributed by atoms with Crippen molar-refractivity contribution in [3.8, 4) is 45.3 Å². The minimum absolute atomic E-state index is 0.0540. The number of hydrogen-bond donors (Lipinski definition) is 2. The molecule has 0 spiro atoms. The average molecular weight is 813 g/mol. The van der Waals surface area contributed by atoms with Crippen molar-refractivity contribution in [3.63, 3.8) is 0 Å². The van der Waals surface area contributed by atoms with Crippen molar-refractivity contribution in [1.82, 2.24) is 20.0 Å². The molecule has 0 aliphatic carbocycles. The summed E-state index contributed by atoms with van der Waals surface area (Å²) in [5.74, 6) is 1.13. The lowest BCUT2D eigenvalue weighted by atomic mass is 9.95. The molecule has 2 aliphatic rings. The predicted molar refractivity (Wildman–Crippen MR) is 211 cm³/mol. The second-order valence-corrected chi connectivity index (χ2v) is 14.5. The fraction of sp³-hybridized carbons (Fsp3) is 0.425. The summed E-state index contributed by atoms with van der Waals surface area (Å²) < 4.78 is 41.8. The molecule has 14 nitrogen and oxygen atoms in total. The predicted octanol–water partition coefficient (Wildman–Crippen LogP) is 5.17. The maximum absolute atomic E-state index is 14.3. The summed E-state index contributed by atoms with van der Waals surface area (Å²) in [6, 6.07) is 16.5. The van der Waals surface area contributed by atoms with Crippen LogP contribution in [0.1, 0.15) is 29.9 Å². The largest absolute Gasteiger partial charge is 0.496 e. The first-order valence-corrected chi connectivity index (χ1v) is 19.1. The van der Waals surface area contributed by atoms with E-state index in [2.05, 4.69) is 5.32 Å². The number of hydrogen-bond acceptors (Lipinski definition) is 11. The first kappa shape index (κ1) is 41.2. The number of methoxy groups -OCH3 is 1. The first-order chi connectivity index (χ1) is 27.1. The lowest BCUT2D eigenvalue weighted by Gasteiger charge is -2.41. The summed E-state index contributed by atoms with van der Waals surface area (Å²) in [7, 11) is 1.60. The molecule has 3 aromatic carbocycles. The number of nitrogens with two attached hydrogens (primary N) is 1. The van der Waals surface area contributed by atoms with Gasteiger partial charge >= 0.3 is 0 Å². The van der Waals surface area contributed by atoms with Gasteiger partial charge in [0.2, 0.25) is 5.91 Å². The lowest BCUT2D eigenvalue weighted by Crippen LogP contribution is -2.62. The highest BCUT2D eigenvalue weighted by Crippen LogP contribution is 2.47. The van der Waals surface area contributed by atoms with Crippen molar-refractivity contribution in [1.29, 1.82) is 0 Å². The Kier molecular flexibility index (Phi) is 14.1. The molecule has 300 valence electrons. The Morgan fingerprint density at radius 3 is 2.21 bits per heavy atom. The molecule has 16 heteroatoms. The number of fused-ring (bicyclic) bond motifs is 3. The van der Waals surface area contributed by atoms with Crippen molar-refractivity contribution in [3.05, 3.63) is 75.9 Å². The molecule has 4 aromatic rings. The van der Waals surface area contributed by atoms with Crippen molar-refractivity contribution in [2.24, 2.45) is 5.73 Å². The van der Waals surface area contributed by atoms with Crippen LogP contribution in [0, 0.1) is 0 Å². The van der Waals surface area contributed by atoms with E-state index in [1.807, 2.05) is 50.2 Å². The third-order valence-corrected chi connectivity index (χ3v) is 9.66. The fourth-order valence-electron chi connectivity index (χ4n) is 6.41. The number of carbonyl (C=O) groups excluding carboxylic acids is 2. The van der Waals surface area contributed by atoms with Gasteiger partial charge in [0.1, 0.15) is 37.0 Å². The monoisotopic (exact) mass is 811 g/mol. The molecule has 2 amide bonds. The van der Waals surface area contributed by atoms with Crippen LogP contribution in [0.4, 0.5) is 0 Å². The molecule has 6 rings (SSSR count). The number of amides is 2. The Morgan fingerprint density at radius 2 is 1.55 bits per heavy atom. The number of rotatable bonds is 19. The molecule has 0 unspecified atom stereocenters. The second-order valence-electron chi connectivity index (χ2n) is 13.6. The number of ether oxygens (including phenoxy) is 7. The molecule has 0 radical (unpaired) electrons. The van der Waals surface area contributed by atoms with E-state index in [1.165, 1.54) is 0 Å². The second kappa shape index (κ2) is 19.2. The maximum Gasteiger partial charge on any atom is 0.275 e. The van der Waals surface area contributed by atoms with Crippen LogP contribution >= 0.6 is 23.2 Å². The number of piperazine rings is 1. The molecule has 3 heterocycles. The number of nitrogens with zero attached hydrogens (tertiary/aromatic N) is 3. The van der Waals surface area contributed by atoms with Crippen LogP contribution < -0.4 is 25.3 Å². The van der Waals surface area contributed by atoms with Crippen molar-refractivity contribution in [2.45, 2.75) is 26.0 Å². The molecule has 56 heavy (non-hydrogen) atoms. The molecule has 0 atom stereocenters. The van der Waals surface area contributed by atoms with Gasteiger partial charge in [0.15, 0.2) is 5.69 Å². The number of benzene rings is 3. The van der Waals surface area contributed by atoms with Gasteiger partial charge < -0.3 is 49.1 Å².